The maximum absolute atomic E-state index is 12.1. The van der Waals surface area contributed by atoms with Crippen LogP contribution in [-0.4, -0.2) is 11.4 Å². The van der Waals surface area contributed by atoms with Crippen molar-refractivity contribution in [3.63, 3.8) is 0 Å². The summed E-state index contributed by atoms with van der Waals surface area (Å²) in [7, 11) is 0. The number of nitrogens with one attached hydrogen (secondary N) is 1. The van der Waals surface area contributed by atoms with Crippen molar-refractivity contribution in [2.24, 2.45) is 11.3 Å². The van der Waals surface area contributed by atoms with Crippen LogP contribution >= 0.6 is 0 Å². The van der Waals surface area contributed by atoms with Gasteiger partial charge in [0.25, 0.3) is 0 Å². The molecule has 0 aliphatic carbocycles. The summed E-state index contributed by atoms with van der Waals surface area (Å²) in [5.41, 5.74) is -0.338. The molecule has 1 N–H and O–H groups in total. The quantitative estimate of drug-likeness (QED) is 0.745. The lowest BCUT2D eigenvalue weighted by Crippen LogP contribution is -2.53. The maximum Gasteiger partial charge on any atom is 0.226 e. The predicted octanol–water partition coefficient (Wildman–Crippen LogP) is 3.36. The summed E-state index contributed by atoms with van der Waals surface area (Å²) in [5, 5.41) is 3.19. The molecule has 0 fully saturated rings. The van der Waals surface area contributed by atoms with Crippen LogP contribution < -0.4 is 5.32 Å². The third kappa shape index (κ3) is 3.51. The zero-order valence-corrected chi connectivity index (χ0v) is 11.4. The van der Waals surface area contributed by atoms with Gasteiger partial charge < -0.3 is 5.32 Å². The van der Waals surface area contributed by atoms with Gasteiger partial charge in [-0.15, -0.1) is 0 Å². The second-order valence-electron chi connectivity index (χ2n) is 5.62. The number of rotatable bonds is 5. The molecular weight excluding hydrogens is 186 g/mol. The average molecular weight is 213 g/mol. The molecule has 90 valence electrons. The van der Waals surface area contributed by atoms with Gasteiger partial charge in [0.05, 0.1) is 0 Å². The normalized spacial score (nSPS) is 16.3. The Kier molecular flexibility index (Phi) is 4.82. The highest BCUT2D eigenvalue weighted by Crippen LogP contribution is 2.25. The van der Waals surface area contributed by atoms with Crippen LogP contribution in [0, 0.1) is 11.3 Å². The molecule has 1 atom stereocenters. The minimum atomic E-state index is -0.259. The standard InChI is InChI=1S/C13H27NO/c1-8-12(5,6)11(15)14-13(7,9-2)10(3)4/h10H,8-9H2,1-7H3,(H,14,15). The molecule has 0 heterocycles. The largest absolute Gasteiger partial charge is 0.350 e. The molecule has 2 nitrogen and oxygen atoms in total. The number of hydrogen-bond donors (Lipinski definition) is 1. The van der Waals surface area contributed by atoms with Gasteiger partial charge in [0.15, 0.2) is 0 Å². The molecule has 15 heavy (non-hydrogen) atoms. The summed E-state index contributed by atoms with van der Waals surface area (Å²) in [6.45, 7) is 14.6. The molecule has 0 saturated carbocycles. The monoisotopic (exact) mass is 213 g/mol. The van der Waals surface area contributed by atoms with Crippen molar-refractivity contribution < 1.29 is 4.79 Å². The van der Waals surface area contributed by atoms with E-state index in [1.165, 1.54) is 0 Å². The second kappa shape index (κ2) is 5.00. The van der Waals surface area contributed by atoms with E-state index in [0.717, 1.165) is 12.8 Å². The number of carbonyl (C=O) groups excluding carboxylic acids is 1. The predicted molar refractivity (Wildman–Crippen MR) is 65.7 cm³/mol. The Balaban J connectivity index is 4.65. The molecule has 0 aromatic carbocycles. The lowest BCUT2D eigenvalue weighted by Gasteiger charge is -2.37. The van der Waals surface area contributed by atoms with E-state index in [1.807, 2.05) is 13.8 Å². The van der Waals surface area contributed by atoms with Gasteiger partial charge >= 0.3 is 0 Å². The van der Waals surface area contributed by atoms with Crippen LogP contribution in [0.4, 0.5) is 0 Å². The summed E-state index contributed by atoms with van der Waals surface area (Å²) in [4.78, 5) is 12.1. The van der Waals surface area contributed by atoms with Crippen molar-refractivity contribution in [1.82, 2.24) is 5.32 Å². The van der Waals surface area contributed by atoms with Gasteiger partial charge in [0.2, 0.25) is 5.91 Å². The summed E-state index contributed by atoms with van der Waals surface area (Å²) in [5.74, 6) is 0.627. The number of carbonyl (C=O) groups is 1. The molecule has 0 aliphatic heterocycles. The van der Waals surface area contributed by atoms with Gasteiger partial charge in [0, 0.05) is 11.0 Å². The Morgan fingerprint density at radius 1 is 1.13 bits per heavy atom. The Morgan fingerprint density at radius 3 is 1.87 bits per heavy atom. The second-order valence-corrected chi connectivity index (χ2v) is 5.62. The molecule has 0 aromatic heterocycles. The summed E-state index contributed by atoms with van der Waals surface area (Å²) in [6, 6.07) is 0. The minimum Gasteiger partial charge on any atom is -0.350 e. The zero-order valence-electron chi connectivity index (χ0n) is 11.4. The fourth-order valence-corrected chi connectivity index (χ4v) is 1.23. The lowest BCUT2D eigenvalue weighted by atomic mass is 9.82. The van der Waals surface area contributed by atoms with Gasteiger partial charge in [-0.3, -0.25) is 4.79 Å². The Labute approximate surface area is 94.8 Å². The highest BCUT2D eigenvalue weighted by atomic mass is 16.2. The van der Waals surface area contributed by atoms with Crippen LogP contribution in [-0.2, 0) is 4.79 Å². The van der Waals surface area contributed by atoms with Crippen LogP contribution in [0.25, 0.3) is 0 Å². The van der Waals surface area contributed by atoms with Crippen molar-refractivity contribution >= 4 is 5.91 Å². The smallest absolute Gasteiger partial charge is 0.226 e. The minimum absolute atomic E-state index is 0.0798. The van der Waals surface area contributed by atoms with E-state index in [4.69, 9.17) is 0 Å². The van der Waals surface area contributed by atoms with E-state index in [-0.39, 0.29) is 16.9 Å². The molecule has 0 aliphatic rings. The third-order valence-corrected chi connectivity index (χ3v) is 3.91. The molecular formula is C13H27NO. The molecule has 1 amide bonds. The van der Waals surface area contributed by atoms with Crippen molar-refractivity contribution in [2.75, 3.05) is 0 Å². The lowest BCUT2D eigenvalue weighted by molar-refractivity contribution is -0.132. The van der Waals surface area contributed by atoms with Crippen LogP contribution in [0.2, 0.25) is 0 Å². The molecule has 1 unspecified atom stereocenters. The first-order valence-corrected chi connectivity index (χ1v) is 6.02. The fourth-order valence-electron chi connectivity index (χ4n) is 1.23. The molecule has 0 aromatic rings. The number of amides is 1. The van der Waals surface area contributed by atoms with Crippen molar-refractivity contribution in [2.45, 2.75) is 66.8 Å². The average Bonchev–Trinajstić information content (AvgIpc) is 2.17. The topological polar surface area (TPSA) is 29.1 Å². The summed E-state index contributed by atoms with van der Waals surface area (Å²) >= 11 is 0. The summed E-state index contributed by atoms with van der Waals surface area (Å²) < 4.78 is 0. The first kappa shape index (κ1) is 14.5. The van der Waals surface area contributed by atoms with Crippen LogP contribution in [0.3, 0.4) is 0 Å². The molecule has 0 bridgehead atoms. The molecule has 0 rings (SSSR count). The van der Waals surface area contributed by atoms with Crippen LogP contribution in [0.1, 0.15) is 61.3 Å². The van der Waals surface area contributed by atoms with Crippen molar-refractivity contribution in [3.8, 4) is 0 Å². The third-order valence-electron chi connectivity index (χ3n) is 3.91. The Bertz CT molecular complexity index is 221. The number of hydrogen-bond acceptors (Lipinski definition) is 1. The van der Waals surface area contributed by atoms with Crippen LogP contribution in [0.5, 0.6) is 0 Å². The zero-order chi connectivity index (χ0) is 12.3. The Hall–Kier alpha value is -0.530. The first-order valence-electron chi connectivity index (χ1n) is 6.02. The van der Waals surface area contributed by atoms with Gasteiger partial charge in [-0.25, -0.2) is 0 Å². The van der Waals surface area contributed by atoms with E-state index >= 15 is 0 Å². The van der Waals surface area contributed by atoms with E-state index in [2.05, 4.69) is 39.9 Å². The van der Waals surface area contributed by atoms with Crippen LogP contribution in [0.15, 0.2) is 0 Å². The van der Waals surface area contributed by atoms with E-state index in [9.17, 15) is 4.79 Å². The molecule has 2 heteroatoms. The van der Waals surface area contributed by atoms with Gasteiger partial charge in [-0.2, -0.15) is 0 Å². The fraction of sp³-hybridized carbons (Fsp3) is 0.923. The van der Waals surface area contributed by atoms with E-state index < -0.39 is 0 Å². The van der Waals surface area contributed by atoms with Crippen molar-refractivity contribution in [3.05, 3.63) is 0 Å². The SMILES string of the molecule is CCC(C)(C)C(=O)NC(C)(CC)C(C)C. The Morgan fingerprint density at radius 2 is 1.60 bits per heavy atom. The molecule has 0 radical (unpaired) electrons. The van der Waals surface area contributed by atoms with Gasteiger partial charge in [-0.1, -0.05) is 41.5 Å². The molecule has 0 saturated heterocycles. The highest BCUT2D eigenvalue weighted by Gasteiger charge is 2.33. The van der Waals surface area contributed by atoms with Gasteiger partial charge in [-0.05, 0) is 25.7 Å². The van der Waals surface area contributed by atoms with E-state index in [0.29, 0.717) is 5.92 Å². The van der Waals surface area contributed by atoms with Gasteiger partial charge in [0.1, 0.15) is 0 Å². The first-order chi connectivity index (χ1) is 6.69. The van der Waals surface area contributed by atoms with E-state index in [1.54, 1.807) is 0 Å². The summed E-state index contributed by atoms with van der Waals surface area (Å²) in [6.07, 6.45) is 1.84. The molecule has 0 spiro atoms. The van der Waals surface area contributed by atoms with Crippen molar-refractivity contribution in [1.29, 1.82) is 0 Å². The maximum atomic E-state index is 12.1. The highest BCUT2D eigenvalue weighted by molar-refractivity contribution is 5.82.